The summed E-state index contributed by atoms with van der Waals surface area (Å²) in [6.07, 6.45) is -7.13. The van der Waals surface area contributed by atoms with Crippen molar-refractivity contribution in [3.63, 3.8) is 0 Å². The van der Waals surface area contributed by atoms with Gasteiger partial charge in [-0.3, -0.25) is 0 Å². The molecule has 0 radical (unpaired) electrons. The fourth-order valence-corrected chi connectivity index (χ4v) is 5.34. The summed E-state index contributed by atoms with van der Waals surface area (Å²) in [5, 5.41) is 19.7. The summed E-state index contributed by atoms with van der Waals surface area (Å²) in [7, 11) is -12.2. The zero-order valence-electron chi connectivity index (χ0n) is 18.8. The Bertz CT molecular complexity index is 1080. The van der Waals surface area contributed by atoms with Crippen LogP contribution in [0.5, 0.6) is 0 Å². The molecule has 2 N–H and O–H groups in total. The number of aliphatic hydroxyl groups is 2. The van der Waals surface area contributed by atoms with Crippen molar-refractivity contribution < 1.29 is 49.0 Å². The van der Waals surface area contributed by atoms with Crippen LogP contribution in [-0.4, -0.2) is 51.8 Å². The molecule has 11 nitrogen and oxygen atoms in total. The number of aliphatic hydroxyl groups excluding tert-OH is 2. The topological polar surface area (TPSA) is 163 Å². The Labute approximate surface area is 199 Å². The van der Waals surface area contributed by atoms with E-state index in [1.807, 2.05) is 0 Å². The highest BCUT2D eigenvalue weighted by Crippen LogP contribution is 2.33. The zero-order chi connectivity index (χ0) is 25.7. The molecule has 0 amide bonds. The molecule has 0 spiro atoms. The van der Waals surface area contributed by atoms with E-state index in [9.17, 15) is 31.6 Å². The summed E-state index contributed by atoms with van der Waals surface area (Å²) < 4.78 is 81.5. The lowest BCUT2D eigenvalue weighted by atomic mass is 10.2. The minimum absolute atomic E-state index is 0.238. The zero-order valence-corrected chi connectivity index (χ0v) is 21.3. The van der Waals surface area contributed by atoms with Crippen molar-refractivity contribution in [1.29, 1.82) is 0 Å². The second-order valence-corrected chi connectivity index (χ2v) is 11.4. The summed E-state index contributed by atoms with van der Waals surface area (Å²) in [4.78, 5) is -0.476. The average Bonchev–Trinajstić information content (AvgIpc) is 2.73. The Morgan fingerprint density at radius 2 is 0.971 bits per heavy atom. The number of aryl methyl sites for hydroxylation is 2. The molecular formula is C20H26O11PS2+. The Morgan fingerprint density at radius 3 is 1.24 bits per heavy atom. The third-order valence-electron chi connectivity index (χ3n) is 4.23. The minimum atomic E-state index is -4.43. The summed E-state index contributed by atoms with van der Waals surface area (Å²) >= 11 is 0. The van der Waals surface area contributed by atoms with E-state index in [-0.39, 0.29) is 9.79 Å². The largest absolute Gasteiger partial charge is 0.703 e. The third-order valence-corrected chi connectivity index (χ3v) is 7.57. The minimum Gasteiger partial charge on any atom is -0.388 e. The van der Waals surface area contributed by atoms with Crippen molar-refractivity contribution in [3.8, 4) is 0 Å². The van der Waals surface area contributed by atoms with Crippen LogP contribution in [0.2, 0.25) is 0 Å². The summed E-state index contributed by atoms with van der Waals surface area (Å²) in [6.45, 7) is 5.73. The van der Waals surface area contributed by atoms with Gasteiger partial charge in [0.05, 0.1) is 9.79 Å². The van der Waals surface area contributed by atoms with Gasteiger partial charge in [0.15, 0.2) is 0 Å². The average molecular weight is 538 g/mol. The van der Waals surface area contributed by atoms with Gasteiger partial charge in [-0.05, 0) is 52.0 Å². The van der Waals surface area contributed by atoms with Crippen LogP contribution in [0.25, 0.3) is 0 Å². The molecule has 2 rings (SSSR count). The Morgan fingerprint density at radius 1 is 0.676 bits per heavy atom. The molecule has 34 heavy (non-hydrogen) atoms. The van der Waals surface area contributed by atoms with Gasteiger partial charge in [0, 0.05) is 4.57 Å². The molecule has 14 heteroatoms. The van der Waals surface area contributed by atoms with Crippen LogP contribution in [0, 0.1) is 13.8 Å². The number of benzene rings is 2. The van der Waals surface area contributed by atoms with Gasteiger partial charge in [-0.15, -0.1) is 0 Å². The molecule has 2 aromatic rings. The second kappa shape index (κ2) is 11.8. The predicted molar refractivity (Wildman–Crippen MR) is 120 cm³/mol. The van der Waals surface area contributed by atoms with Gasteiger partial charge in [-0.2, -0.15) is 16.8 Å². The molecular weight excluding hydrogens is 511 g/mol. The van der Waals surface area contributed by atoms with Crippen LogP contribution in [-0.2, 0) is 42.2 Å². The molecule has 0 bridgehead atoms. The lowest BCUT2D eigenvalue weighted by Gasteiger charge is -2.17. The highest BCUT2D eigenvalue weighted by Gasteiger charge is 2.41. The maximum Gasteiger partial charge on any atom is 0.703 e. The van der Waals surface area contributed by atoms with E-state index in [0.717, 1.165) is 25.0 Å². The van der Waals surface area contributed by atoms with Crippen molar-refractivity contribution in [2.24, 2.45) is 0 Å². The number of rotatable bonds is 12. The molecule has 0 fully saturated rings. The molecule has 0 heterocycles. The number of hydrogen-bond donors (Lipinski definition) is 2. The first-order valence-electron chi connectivity index (χ1n) is 9.88. The van der Waals surface area contributed by atoms with Gasteiger partial charge in [-0.1, -0.05) is 44.4 Å². The molecule has 0 aliphatic rings. The van der Waals surface area contributed by atoms with Crippen LogP contribution in [0.3, 0.4) is 0 Å². The first kappa shape index (κ1) is 28.4. The van der Waals surface area contributed by atoms with Gasteiger partial charge in [0.2, 0.25) is 0 Å². The Balaban J connectivity index is 2.12. The first-order valence-corrected chi connectivity index (χ1v) is 13.8. The van der Waals surface area contributed by atoms with Gasteiger partial charge in [-0.25, -0.2) is 8.37 Å². The van der Waals surface area contributed by atoms with E-state index < -0.39 is 53.3 Å². The molecule has 0 unspecified atom stereocenters. The van der Waals surface area contributed by atoms with Crippen LogP contribution in [0.1, 0.15) is 25.0 Å². The van der Waals surface area contributed by atoms with E-state index >= 15 is 0 Å². The maximum absolute atomic E-state index is 12.4. The van der Waals surface area contributed by atoms with E-state index in [4.69, 9.17) is 17.4 Å². The molecule has 0 aliphatic heterocycles. The van der Waals surface area contributed by atoms with Crippen molar-refractivity contribution in [2.45, 2.75) is 62.3 Å². The van der Waals surface area contributed by atoms with Crippen LogP contribution >= 0.6 is 8.25 Å². The predicted octanol–water partition coefficient (Wildman–Crippen LogP) is 2.52. The van der Waals surface area contributed by atoms with E-state index in [1.54, 1.807) is 13.8 Å². The van der Waals surface area contributed by atoms with Gasteiger partial charge in [0.1, 0.15) is 12.2 Å². The lowest BCUT2D eigenvalue weighted by molar-refractivity contribution is -0.106. The highest BCUT2D eigenvalue weighted by atomic mass is 32.2. The second-order valence-electron chi connectivity index (χ2n) is 7.38. The van der Waals surface area contributed by atoms with E-state index in [2.05, 4.69) is 0 Å². The van der Waals surface area contributed by atoms with Crippen molar-refractivity contribution in [2.75, 3.05) is 0 Å². The lowest BCUT2D eigenvalue weighted by Crippen LogP contribution is -2.33. The molecule has 2 aromatic carbocycles. The smallest absolute Gasteiger partial charge is 0.388 e. The maximum atomic E-state index is 12.4. The monoisotopic (exact) mass is 537 g/mol. The fraction of sp³-hybridized carbons (Fsp3) is 0.400. The van der Waals surface area contributed by atoms with Crippen molar-refractivity contribution in [1.82, 2.24) is 0 Å². The Kier molecular flexibility index (Phi) is 9.83. The molecule has 188 valence electrons. The fourth-order valence-electron chi connectivity index (χ4n) is 2.34. The first-order chi connectivity index (χ1) is 15.7. The Hall–Kier alpha value is -1.80. The van der Waals surface area contributed by atoms with Crippen LogP contribution in [0.4, 0.5) is 0 Å². The standard InChI is InChI=1S/C20H26O11PS2/c1-13-5-9-17(10-6-13)33(24,25)30-19(15(3)21)28-32(23)29-20(16(4)22)31-34(26,27)18-11-7-14(2)8-12-18/h5-12,15-16,19-22H,1-4H3/q+1/t15-,16-,19-,20-/m0/s1. The quantitative estimate of drug-likeness (QED) is 0.232. The molecule has 0 aromatic heterocycles. The van der Waals surface area contributed by atoms with Crippen molar-refractivity contribution in [3.05, 3.63) is 59.7 Å². The summed E-state index contributed by atoms with van der Waals surface area (Å²) in [6, 6.07) is 11.2. The van der Waals surface area contributed by atoms with E-state index in [1.165, 1.54) is 48.5 Å². The summed E-state index contributed by atoms with van der Waals surface area (Å²) in [5.74, 6) is 0. The normalized spacial score (nSPS) is 15.9. The third kappa shape index (κ3) is 8.15. The summed E-state index contributed by atoms with van der Waals surface area (Å²) in [5.41, 5.74) is 1.59. The van der Waals surface area contributed by atoms with Crippen molar-refractivity contribution >= 4 is 28.5 Å². The van der Waals surface area contributed by atoms with Crippen LogP contribution in [0.15, 0.2) is 58.3 Å². The van der Waals surface area contributed by atoms with Crippen LogP contribution < -0.4 is 0 Å². The van der Waals surface area contributed by atoms with Gasteiger partial charge >= 0.3 is 8.25 Å². The van der Waals surface area contributed by atoms with Gasteiger partial charge in [0.25, 0.3) is 32.8 Å². The SMILES string of the molecule is Cc1ccc(S(=O)(=O)O[C@H](O[P+](=O)O[C@@H](OS(=O)(=O)c2ccc(C)cc2)[C@H](C)O)[C@H](C)O)cc1. The molecule has 0 saturated heterocycles. The molecule has 0 saturated carbocycles. The highest BCUT2D eigenvalue weighted by molar-refractivity contribution is 7.87. The van der Waals surface area contributed by atoms with E-state index in [0.29, 0.717) is 0 Å². The molecule has 0 aliphatic carbocycles. The number of hydrogen-bond acceptors (Lipinski definition) is 11. The molecule has 4 atom stereocenters. The van der Waals surface area contributed by atoms with Gasteiger partial charge < -0.3 is 10.2 Å².